The predicted octanol–water partition coefficient (Wildman–Crippen LogP) is 3.72. The smallest absolute Gasteiger partial charge is 0.240 e. The third kappa shape index (κ3) is 4.20. The lowest BCUT2D eigenvalue weighted by Crippen LogP contribution is -2.28. The highest BCUT2D eigenvalue weighted by Crippen LogP contribution is 2.22. The van der Waals surface area contributed by atoms with Gasteiger partial charge in [0.05, 0.1) is 4.90 Å². The lowest BCUT2D eigenvalue weighted by atomic mass is 10.0. The lowest BCUT2D eigenvalue weighted by Gasteiger charge is -2.11. The number of hydrogen-bond acceptors (Lipinski definition) is 4. The van der Waals surface area contributed by atoms with Crippen molar-refractivity contribution in [3.05, 3.63) is 66.4 Å². The average molecular weight is 370 g/mol. The number of nitrogens with one attached hydrogen (secondary N) is 1. The summed E-state index contributed by atoms with van der Waals surface area (Å²) in [4.78, 5) is 4.57. The zero-order chi connectivity index (χ0) is 18.6. The summed E-state index contributed by atoms with van der Waals surface area (Å²) in [5, 5.41) is 0.982. The first-order chi connectivity index (χ1) is 12.5. The summed E-state index contributed by atoms with van der Waals surface area (Å²) in [5.74, 6) is 1.01. The van der Waals surface area contributed by atoms with Gasteiger partial charge in [-0.3, -0.25) is 4.98 Å². The fourth-order valence-corrected chi connectivity index (χ4v) is 3.66. The van der Waals surface area contributed by atoms with E-state index in [2.05, 4.69) is 23.6 Å². The van der Waals surface area contributed by atoms with Gasteiger partial charge in [0.1, 0.15) is 17.9 Å². The third-order valence-corrected chi connectivity index (χ3v) is 5.58. The number of hydrogen-bond donors (Lipinski definition) is 1. The van der Waals surface area contributed by atoms with Crippen molar-refractivity contribution >= 4 is 20.9 Å². The maximum absolute atomic E-state index is 12.4. The van der Waals surface area contributed by atoms with Crippen LogP contribution in [0.15, 0.2) is 65.7 Å². The summed E-state index contributed by atoms with van der Waals surface area (Å²) < 4.78 is 33.0. The van der Waals surface area contributed by atoms with Gasteiger partial charge in [0, 0.05) is 18.1 Å². The highest BCUT2D eigenvalue weighted by atomic mass is 32.2. The summed E-state index contributed by atoms with van der Waals surface area (Å²) in [5.41, 5.74) is 1.87. The van der Waals surface area contributed by atoms with Crippen molar-refractivity contribution in [1.82, 2.24) is 9.71 Å². The molecule has 0 atom stereocenters. The normalized spacial score (nSPS) is 11.8. The molecule has 1 N–H and O–H groups in total. The zero-order valence-corrected chi connectivity index (χ0v) is 15.7. The van der Waals surface area contributed by atoms with Crippen LogP contribution in [0, 0.1) is 0 Å². The van der Waals surface area contributed by atoms with Crippen LogP contribution in [0.4, 0.5) is 0 Å². The Hall–Kier alpha value is -2.44. The summed E-state index contributed by atoms with van der Waals surface area (Å²) in [6.07, 6.45) is 1.71. The van der Waals surface area contributed by atoms with Crippen LogP contribution in [0.3, 0.4) is 0 Å². The molecule has 3 rings (SSSR count). The van der Waals surface area contributed by atoms with E-state index < -0.39 is 10.0 Å². The van der Waals surface area contributed by atoms with E-state index in [1.165, 1.54) is 0 Å². The molecular formula is C20H22N2O3S. The van der Waals surface area contributed by atoms with Crippen LogP contribution < -0.4 is 9.46 Å². The zero-order valence-electron chi connectivity index (χ0n) is 14.8. The Morgan fingerprint density at radius 3 is 2.50 bits per heavy atom. The SMILES string of the molecule is CC(C)c1ccc(S(=O)(=O)NCCOc2cccc3cccnc23)cc1. The van der Waals surface area contributed by atoms with E-state index >= 15 is 0 Å². The molecule has 0 saturated heterocycles. The van der Waals surface area contributed by atoms with E-state index in [4.69, 9.17) is 4.74 Å². The van der Waals surface area contributed by atoms with Crippen molar-refractivity contribution in [2.75, 3.05) is 13.2 Å². The van der Waals surface area contributed by atoms with Crippen molar-refractivity contribution in [1.29, 1.82) is 0 Å². The second-order valence-electron chi connectivity index (χ2n) is 6.30. The summed E-state index contributed by atoms with van der Waals surface area (Å²) >= 11 is 0. The molecule has 5 nitrogen and oxygen atoms in total. The molecule has 0 unspecified atom stereocenters. The minimum absolute atomic E-state index is 0.178. The number of para-hydroxylation sites is 1. The largest absolute Gasteiger partial charge is 0.490 e. The fourth-order valence-electron chi connectivity index (χ4n) is 2.64. The predicted molar refractivity (Wildman–Crippen MR) is 103 cm³/mol. The Bertz CT molecular complexity index is 978. The van der Waals surface area contributed by atoms with Gasteiger partial charge in [-0.1, -0.05) is 44.2 Å². The van der Waals surface area contributed by atoms with Crippen LogP contribution in [0.1, 0.15) is 25.3 Å². The maximum atomic E-state index is 12.4. The number of pyridine rings is 1. The molecule has 6 heteroatoms. The van der Waals surface area contributed by atoms with Crippen molar-refractivity contribution in [3.8, 4) is 5.75 Å². The van der Waals surface area contributed by atoms with Crippen LogP contribution in [0.2, 0.25) is 0 Å². The number of sulfonamides is 1. The highest BCUT2D eigenvalue weighted by molar-refractivity contribution is 7.89. The van der Waals surface area contributed by atoms with Gasteiger partial charge >= 0.3 is 0 Å². The van der Waals surface area contributed by atoms with Crippen molar-refractivity contribution < 1.29 is 13.2 Å². The molecule has 0 amide bonds. The standard InChI is InChI=1S/C20H22N2O3S/c1-15(2)16-8-10-18(11-9-16)26(23,24)22-13-14-25-19-7-3-5-17-6-4-12-21-20(17)19/h3-12,15,22H,13-14H2,1-2H3. The Morgan fingerprint density at radius 2 is 1.77 bits per heavy atom. The van der Waals surface area contributed by atoms with Gasteiger partial charge in [0.15, 0.2) is 0 Å². The molecule has 0 bridgehead atoms. The second kappa shape index (κ2) is 7.85. The van der Waals surface area contributed by atoms with Crippen LogP contribution in [-0.4, -0.2) is 26.6 Å². The molecule has 0 saturated carbocycles. The number of rotatable bonds is 7. The summed E-state index contributed by atoms with van der Waals surface area (Å²) in [6.45, 7) is 4.54. The van der Waals surface area contributed by atoms with Crippen molar-refractivity contribution in [3.63, 3.8) is 0 Å². The number of aromatic nitrogens is 1. The van der Waals surface area contributed by atoms with E-state index in [9.17, 15) is 8.42 Å². The first-order valence-corrected chi connectivity index (χ1v) is 10.0. The average Bonchev–Trinajstić information content (AvgIpc) is 2.65. The molecule has 2 aromatic carbocycles. The van der Waals surface area contributed by atoms with E-state index in [1.54, 1.807) is 18.3 Å². The Morgan fingerprint density at radius 1 is 1.04 bits per heavy atom. The van der Waals surface area contributed by atoms with Crippen molar-refractivity contribution in [2.45, 2.75) is 24.7 Å². The Kier molecular flexibility index (Phi) is 5.54. The molecule has 0 aliphatic heterocycles. The van der Waals surface area contributed by atoms with Gasteiger partial charge in [-0.05, 0) is 35.7 Å². The summed E-state index contributed by atoms with van der Waals surface area (Å²) in [6, 6.07) is 16.5. The van der Waals surface area contributed by atoms with Gasteiger partial charge in [-0.15, -0.1) is 0 Å². The fraction of sp³-hybridized carbons (Fsp3) is 0.250. The van der Waals surface area contributed by atoms with Gasteiger partial charge in [0.2, 0.25) is 10.0 Å². The molecule has 0 radical (unpaired) electrons. The molecule has 0 aliphatic rings. The minimum atomic E-state index is -3.55. The first kappa shape index (κ1) is 18.4. The number of nitrogens with zero attached hydrogens (tertiary/aromatic N) is 1. The number of ether oxygens (including phenoxy) is 1. The minimum Gasteiger partial charge on any atom is -0.490 e. The van der Waals surface area contributed by atoms with E-state index in [-0.39, 0.29) is 18.0 Å². The molecular weight excluding hydrogens is 348 g/mol. The monoisotopic (exact) mass is 370 g/mol. The first-order valence-electron chi connectivity index (χ1n) is 8.53. The second-order valence-corrected chi connectivity index (χ2v) is 8.07. The van der Waals surface area contributed by atoms with Gasteiger partial charge < -0.3 is 4.74 Å². The molecule has 1 heterocycles. The molecule has 0 spiro atoms. The van der Waals surface area contributed by atoms with Crippen LogP contribution in [0.5, 0.6) is 5.75 Å². The molecule has 26 heavy (non-hydrogen) atoms. The number of fused-ring (bicyclic) bond motifs is 1. The van der Waals surface area contributed by atoms with Crippen LogP contribution in [-0.2, 0) is 10.0 Å². The van der Waals surface area contributed by atoms with Gasteiger partial charge in [-0.25, -0.2) is 13.1 Å². The maximum Gasteiger partial charge on any atom is 0.240 e. The third-order valence-electron chi connectivity index (χ3n) is 4.10. The molecule has 1 aromatic heterocycles. The quantitative estimate of drug-likeness (QED) is 0.644. The highest BCUT2D eigenvalue weighted by Gasteiger charge is 2.14. The van der Waals surface area contributed by atoms with Gasteiger partial charge in [-0.2, -0.15) is 0 Å². The molecule has 0 aliphatic carbocycles. The topological polar surface area (TPSA) is 68.3 Å². The molecule has 3 aromatic rings. The van der Waals surface area contributed by atoms with Crippen molar-refractivity contribution in [2.24, 2.45) is 0 Å². The van der Waals surface area contributed by atoms with Crippen LogP contribution in [0.25, 0.3) is 10.9 Å². The molecule has 0 fully saturated rings. The van der Waals surface area contributed by atoms with E-state index in [0.717, 1.165) is 16.5 Å². The lowest BCUT2D eigenvalue weighted by molar-refractivity contribution is 0.326. The molecule has 136 valence electrons. The Labute approximate surface area is 154 Å². The van der Waals surface area contributed by atoms with E-state index in [0.29, 0.717) is 11.7 Å². The van der Waals surface area contributed by atoms with Gasteiger partial charge in [0.25, 0.3) is 0 Å². The van der Waals surface area contributed by atoms with Crippen LogP contribution >= 0.6 is 0 Å². The summed E-state index contributed by atoms with van der Waals surface area (Å²) in [7, 11) is -3.55. The Balaban J connectivity index is 1.60. The van der Waals surface area contributed by atoms with E-state index in [1.807, 2.05) is 42.5 Å². The number of benzene rings is 2.